The predicted molar refractivity (Wildman–Crippen MR) is 160 cm³/mol. The van der Waals surface area contributed by atoms with Crippen molar-refractivity contribution in [3.8, 4) is 28.4 Å². The summed E-state index contributed by atoms with van der Waals surface area (Å²) in [4.78, 5) is 11.2. The molecule has 3 aromatic carbocycles. The molecular formula is C35H41FO6. The number of carbonyl (C=O) groups is 1. The van der Waals surface area contributed by atoms with Crippen molar-refractivity contribution >= 4 is 5.97 Å². The zero-order valence-electron chi connectivity index (χ0n) is 25.0. The molecule has 2 aliphatic rings. The van der Waals surface area contributed by atoms with E-state index in [2.05, 4.69) is 19.9 Å². The molecule has 0 spiro atoms. The lowest BCUT2D eigenvalue weighted by Gasteiger charge is -2.21. The summed E-state index contributed by atoms with van der Waals surface area (Å²) in [6.45, 7) is 8.56. The molecule has 0 saturated carbocycles. The van der Waals surface area contributed by atoms with Gasteiger partial charge in [-0.1, -0.05) is 25.5 Å². The van der Waals surface area contributed by atoms with Crippen LogP contribution < -0.4 is 14.2 Å². The minimum atomic E-state index is -0.855. The van der Waals surface area contributed by atoms with E-state index in [1.54, 1.807) is 26.0 Å². The molecule has 5 rings (SSSR count). The van der Waals surface area contributed by atoms with Crippen molar-refractivity contribution in [2.75, 3.05) is 13.2 Å². The summed E-state index contributed by atoms with van der Waals surface area (Å²) in [5, 5.41) is 19.3. The molecule has 0 fully saturated rings. The molecule has 0 saturated heterocycles. The van der Waals surface area contributed by atoms with Gasteiger partial charge in [-0.05, 0) is 98.5 Å². The van der Waals surface area contributed by atoms with E-state index in [0.717, 1.165) is 52.8 Å². The molecule has 224 valence electrons. The zero-order valence-corrected chi connectivity index (χ0v) is 25.0. The zero-order chi connectivity index (χ0) is 30.0. The number of unbranched alkanes of at least 4 members (excludes halogenated alkanes) is 1. The van der Waals surface area contributed by atoms with Crippen LogP contribution in [0.2, 0.25) is 0 Å². The smallest absolute Gasteiger partial charge is 0.304 e. The maximum atomic E-state index is 15.4. The van der Waals surface area contributed by atoms with Crippen LogP contribution in [0.4, 0.5) is 4.39 Å². The number of aliphatic carboxylic acids is 1. The Balaban J connectivity index is 1.43. The fourth-order valence-electron chi connectivity index (χ4n) is 6.18. The largest absolute Gasteiger partial charge is 0.493 e. The van der Waals surface area contributed by atoms with Gasteiger partial charge < -0.3 is 24.4 Å². The van der Waals surface area contributed by atoms with Crippen molar-refractivity contribution in [3.05, 3.63) is 76.1 Å². The Labute approximate surface area is 247 Å². The molecule has 3 aromatic rings. The first-order valence-electron chi connectivity index (χ1n) is 15.0. The van der Waals surface area contributed by atoms with Crippen molar-refractivity contribution in [1.29, 1.82) is 0 Å². The van der Waals surface area contributed by atoms with E-state index in [1.165, 1.54) is 5.56 Å². The third-order valence-corrected chi connectivity index (χ3v) is 8.29. The minimum Gasteiger partial charge on any atom is -0.493 e. The molecule has 0 radical (unpaired) electrons. The van der Waals surface area contributed by atoms with Crippen LogP contribution in [0.1, 0.15) is 92.7 Å². The summed E-state index contributed by atoms with van der Waals surface area (Å²) < 4.78 is 33.6. The van der Waals surface area contributed by atoms with Gasteiger partial charge in [-0.3, -0.25) is 4.79 Å². The third kappa shape index (κ3) is 6.57. The number of aliphatic hydroxyl groups is 1. The molecule has 1 aliphatic heterocycles. The van der Waals surface area contributed by atoms with E-state index in [9.17, 15) is 15.0 Å². The maximum Gasteiger partial charge on any atom is 0.304 e. The van der Waals surface area contributed by atoms with Gasteiger partial charge in [-0.25, -0.2) is 4.39 Å². The van der Waals surface area contributed by atoms with Crippen molar-refractivity contribution in [3.63, 3.8) is 0 Å². The van der Waals surface area contributed by atoms with E-state index >= 15 is 4.39 Å². The van der Waals surface area contributed by atoms with E-state index in [0.29, 0.717) is 49.5 Å². The van der Waals surface area contributed by atoms with Crippen LogP contribution in [0.25, 0.3) is 11.1 Å². The van der Waals surface area contributed by atoms with Crippen molar-refractivity contribution in [1.82, 2.24) is 0 Å². The van der Waals surface area contributed by atoms with Gasteiger partial charge >= 0.3 is 5.97 Å². The number of rotatable bonds is 12. The van der Waals surface area contributed by atoms with E-state index in [-0.39, 0.29) is 18.2 Å². The van der Waals surface area contributed by atoms with Crippen molar-refractivity contribution in [2.45, 2.75) is 90.3 Å². The van der Waals surface area contributed by atoms with Crippen LogP contribution in [-0.4, -0.2) is 35.0 Å². The van der Waals surface area contributed by atoms with E-state index in [1.807, 2.05) is 24.3 Å². The molecule has 1 heterocycles. The summed E-state index contributed by atoms with van der Waals surface area (Å²) in [6, 6.07) is 13.1. The lowest BCUT2D eigenvalue weighted by atomic mass is 9.88. The molecule has 7 heteroatoms. The Bertz CT molecular complexity index is 1460. The summed E-state index contributed by atoms with van der Waals surface area (Å²) in [7, 11) is 0. The molecule has 42 heavy (non-hydrogen) atoms. The molecule has 0 amide bonds. The molecule has 2 N–H and O–H groups in total. The first kappa shape index (κ1) is 29.9. The summed E-state index contributed by atoms with van der Waals surface area (Å²) >= 11 is 0. The molecule has 6 nitrogen and oxygen atoms in total. The van der Waals surface area contributed by atoms with Gasteiger partial charge in [-0.15, -0.1) is 0 Å². The standard InChI is InChI=1S/C35H41FO6/c1-5-6-7-22-17-25(40-15-14-35(3,4)39)16-21(2)33(22)27-10-12-29(36)34-28(27)11-13-30(34)42-24-8-9-26-23(18-32(37)38)20-41-31(26)19-24/h8-10,12,16-17,19,23,30,39H,5-7,11,13-15,18,20H2,1-4H3,(H,37,38)/t23-,30-/m1/s1. The number of carboxylic acid groups (broad SMARTS) is 1. The Kier molecular flexibility index (Phi) is 8.78. The highest BCUT2D eigenvalue weighted by Crippen LogP contribution is 2.45. The number of aryl methyl sites for hydroxylation is 2. The summed E-state index contributed by atoms with van der Waals surface area (Å²) in [6.07, 6.45) is 4.45. The van der Waals surface area contributed by atoms with Crippen molar-refractivity contribution < 1.29 is 33.6 Å². The van der Waals surface area contributed by atoms with Gasteiger partial charge in [0.1, 0.15) is 29.2 Å². The molecule has 2 atom stereocenters. The number of fused-ring (bicyclic) bond motifs is 2. The average Bonchev–Trinajstić information content (AvgIpc) is 3.52. The fraction of sp³-hybridized carbons (Fsp3) is 0.457. The van der Waals surface area contributed by atoms with Gasteiger partial charge in [0, 0.05) is 29.5 Å². The van der Waals surface area contributed by atoms with Crippen molar-refractivity contribution in [2.24, 2.45) is 0 Å². The number of benzene rings is 3. The SMILES string of the molecule is CCCCc1cc(OCCC(C)(C)O)cc(C)c1-c1ccc(F)c2c1CC[C@H]2Oc1ccc2c(c1)OC[C@H]2CC(=O)O. The summed E-state index contributed by atoms with van der Waals surface area (Å²) in [5.41, 5.74) is 6.09. The third-order valence-electron chi connectivity index (χ3n) is 8.29. The second-order valence-corrected chi connectivity index (χ2v) is 12.2. The number of halogens is 1. The Morgan fingerprint density at radius 3 is 2.69 bits per heavy atom. The molecular weight excluding hydrogens is 535 g/mol. The van der Waals surface area contributed by atoms with Gasteiger partial charge in [0.2, 0.25) is 0 Å². The Morgan fingerprint density at radius 2 is 1.95 bits per heavy atom. The maximum absolute atomic E-state index is 15.4. The van der Waals surface area contributed by atoms with Gasteiger partial charge in [-0.2, -0.15) is 0 Å². The lowest BCUT2D eigenvalue weighted by Crippen LogP contribution is -2.21. The van der Waals surface area contributed by atoms with E-state index in [4.69, 9.17) is 14.2 Å². The monoisotopic (exact) mass is 576 g/mol. The van der Waals surface area contributed by atoms with Crippen LogP contribution in [0, 0.1) is 12.7 Å². The lowest BCUT2D eigenvalue weighted by molar-refractivity contribution is -0.137. The van der Waals surface area contributed by atoms with Crippen LogP contribution in [-0.2, 0) is 17.6 Å². The normalized spacial score (nSPS) is 17.5. The minimum absolute atomic E-state index is 0.0186. The molecule has 0 unspecified atom stereocenters. The number of hydrogen-bond donors (Lipinski definition) is 2. The average molecular weight is 577 g/mol. The molecule has 0 bridgehead atoms. The molecule has 0 aromatic heterocycles. The first-order valence-corrected chi connectivity index (χ1v) is 15.0. The van der Waals surface area contributed by atoms with Crippen LogP contribution in [0.5, 0.6) is 17.2 Å². The van der Waals surface area contributed by atoms with Gasteiger partial charge in [0.25, 0.3) is 0 Å². The highest BCUT2D eigenvalue weighted by Gasteiger charge is 2.32. The topological polar surface area (TPSA) is 85.2 Å². The first-order chi connectivity index (χ1) is 20.0. The number of hydrogen-bond acceptors (Lipinski definition) is 5. The van der Waals surface area contributed by atoms with E-state index < -0.39 is 17.7 Å². The number of ether oxygens (including phenoxy) is 3. The Hall–Kier alpha value is -3.58. The van der Waals surface area contributed by atoms with Gasteiger partial charge in [0.15, 0.2) is 0 Å². The fourth-order valence-corrected chi connectivity index (χ4v) is 6.18. The molecule has 1 aliphatic carbocycles. The summed E-state index contributed by atoms with van der Waals surface area (Å²) in [5.74, 6) is 0.700. The second kappa shape index (κ2) is 12.3. The highest BCUT2D eigenvalue weighted by molar-refractivity contribution is 5.77. The van der Waals surface area contributed by atoms with Crippen LogP contribution in [0.3, 0.4) is 0 Å². The van der Waals surface area contributed by atoms with Gasteiger partial charge in [0.05, 0.1) is 25.2 Å². The van der Waals surface area contributed by atoms with Crippen LogP contribution in [0.15, 0.2) is 42.5 Å². The number of carboxylic acids is 1. The quantitative estimate of drug-likeness (QED) is 0.230. The van der Waals surface area contributed by atoms with Crippen LogP contribution >= 0.6 is 0 Å². The second-order valence-electron chi connectivity index (χ2n) is 12.2. The Morgan fingerprint density at radius 1 is 1.14 bits per heavy atom. The predicted octanol–water partition coefficient (Wildman–Crippen LogP) is 7.70. The highest BCUT2D eigenvalue weighted by atomic mass is 19.1.